The summed E-state index contributed by atoms with van der Waals surface area (Å²) in [6.45, 7) is 4.32. The van der Waals surface area contributed by atoms with Crippen molar-refractivity contribution in [2.45, 2.75) is 31.3 Å². The number of nitrogens with one attached hydrogen (secondary N) is 1. The van der Waals surface area contributed by atoms with Gasteiger partial charge in [0.25, 0.3) is 0 Å². The summed E-state index contributed by atoms with van der Waals surface area (Å²) in [6.07, 6.45) is 4.65. The zero-order valence-corrected chi connectivity index (χ0v) is 12.4. The Balaban J connectivity index is 1.96. The predicted octanol–water partition coefficient (Wildman–Crippen LogP) is 3.61. The Bertz CT molecular complexity index is 510. The highest BCUT2D eigenvalue weighted by Crippen LogP contribution is 2.19. The van der Waals surface area contributed by atoms with Gasteiger partial charge in [0, 0.05) is 28.3 Å². The lowest BCUT2D eigenvalue weighted by molar-refractivity contribution is 0.791. The molecule has 2 aromatic heterocycles. The molecule has 3 nitrogen and oxygen atoms in total. The predicted molar refractivity (Wildman–Crippen MR) is 79.7 cm³/mol. The van der Waals surface area contributed by atoms with E-state index in [2.05, 4.69) is 41.3 Å². The molecule has 0 aliphatic heterocycles. The maximum atomic E-state index is 4.24. The fourth-order valence-electron chi connectivity index (χ4n) is 1.73. The highest BCUT2D eigenvalue weighted by molar-refractivity contribution is 7.98. The van der Waals surface area contributed by atoms with Gasteiger partial charge in [-0.25, -0.2) is 9.97 Å². The first-order valence-corrected chi connectivity index (χ1v) is 7.89. The fraction of sp³-hybridized carbons (Fsp3) is 0.385. The third-order valence-corrected chi connectivity index (χ3v) is 4.21. The van der Waals surface area contributed by atoms with Gasteiger partial charge in [-0.3, -0.25) is 0 Å². The first-order chi connectivity index (χ1) is 8.67. The molecule has 96 valence electrons. The smallest absolute Gasteiger partial charge is 0.130 e. The van der Waals surface area contributed by atoms with Crippen LogP contribution in [0.3, 0.4) is 0 Å². The van der Waals surface area contributed by atoms with Crippen LogP contribution in [0.2, 0.25) is 0 Å². The second-order valence-electron chi connectivity index (χ2n) is 4.21. The van der Waals surface area contributed by atoms with Gasteiger partial charge in [0.1, 0.15) is 17.2 Å². The number of rotatable bonds is 5. The average molecular weight is 279 g/mol. The quantitative estimate of drug-likeness (QED) is 0.670. The van der Waals surface area contributed by atoms with E-state index < -0.39 is 0 Å². The van der Waals surface area contributed by atoms with Crippen LogP contribution in [0.4, 0.5) is 5.82 Å². The molecule has 0 radical (unpaired) electrons. The molecule has 18 heavy (non-hydrogen) atoms. The second-order valence-corrected chi connectivity index (χ2v) is 6.41. The van der Waals surface area contributed by atoms with Crippen LogP contribution in [0, 0.1) is 6.92 Å². The monoisotopic (exact) mass is 279 g/mol. The summed E-state index contributed by atoms with van der Waals surface area (Å²) in [7, 11) is 0. The van der Waals surface area contributed by atoms with Gasteiger partial charge in [-0.05, 0) is 32.2 Å². The minimum absolute atomic E-state index is 0.368. The highest BCUT2D eigenvalue weighted by Gasteiger charge is 2.06. The molecule has 0 spiro atoms. The number of aromatic nitrogens is 2. The lowest BCUT2D eigenvalue weighted by atomic mass is 10.2. The molecule has 5 heteroatoms. The van der Waals surface area contributed by atoms with Crippen molar-refractivity contribution in [2.75, 3.05) is 11.6 Å². The van der Waals surface area contributed by atoms with Crippen LogP contribution < -0.4 is 5.32 Å². The minimum atomic E-state index is 0.368. The molecule has 0 saturated heterocycles. The number of thiophene rings is 1. The Morgan fingerprint density at radius 1 is 1.39 bits per heavy atom. The van der Waals surface area contributed by atoms with E-state index in [-0.39, 0.29) is 0 Å². The highest BCUT2D eigenvalue weighted by atomic mass is 32.2. The van der Waals surface area contributed by atoms with Crippen molar-refractivity contribution in [3.63, 3.8) is 0 Å². The summed E-state index contributed by atoms with van der Waals surface area (Å²) in [5, 5.41) is 4.41. The number of nitrogens with zero attached hydrogens (tertiary/aromatic N) is 2. The minimum Gasteiger partial charge on any atom is -0.367 e. The van der Waals surface area contributed by atoms with E-state index >= 15 is 0 Å². The van der Waals surface area contributed by atoms with Crippen LogP contribution in [0.15, 0.2) is 29.6 Å². The molecule has 1 N–H and O–H groups in total. The zero-order chi connectivity index (χ0) is 13.0. The van der Waals surface area contributed by atoms with Gasteiger partial charge in [0.15, 0.2) is 0 Å². The molecule has 0 fully saturated rings. The van der Waals surface area contributed by atoms with E-state index in [9.17, 15) is 0 Å². The van der Waals surface area contributed by atoms with Crippen molar-refractivity contribution in [1.82, 2.24) is 9.97 Å². The van der Waals surface area contributed by atoms with Gasteiger partial charge in [-0.1, -0.05) is 0 Å². The van der Waals surface area contributed by atoms with Crippen LogP contribution in [0.5, 0.6) is 0 Å². The van der Waals surface area contributed by atoms with Crippen molar-refractivity contribution in [2.24, 2.45) is 0 Å². The summed E-state index contributed by atoms with van der Waals surface area (Å²) < 4.78 is 0. The third-order valence-electron chi connectivity index (χ3n) is 2.55. The standard InChI is InChI=1S/C13H17N3S2/c1-9(6-11-5-4-10(2)18-11)16-12-7-13(17-3)15-8-14-12/h4-5,7-9H,6H2,1-3H3,(H,14,15,16). The van der Waals surface area contributed by atoms with E-state index in [0.717, 1.165) is 17.3 Å². The molecule has 0 amide bonds. The Labute approximate surface area is 116 Å². The van der Waals surface area contributed by atoms with Crippen molar-refractivity contribution >= 4 is 28.9 Å². The first kappa shape index (κ1) is 13.4. The molecular formula is C13H17N3S2. The Morgan fingerprint density at radius 3 is 2.89 bits per heavy atom. The Morgan fingerprint density at radius 2 is 2.22 bits per heavy atom. The van der Waals surface area contributed by atoms with Crippen molar-refractivity contribution in [3.05, 3.63) is 34.3 Å². The van der Waals surface area contributed by atoms with Gasteiger partial charge in [0.2, 0.25) is 0 Å². The van der Waals surface area contributed by atoms with E-state index in [4.69, 9.17) is 0 Å². The molecule has 0 aliphatic carbocycles. The van der Waals surface area contributed by atoms with E-state index in [0.29, 0.717) is 6.04 Å². The van der Waals surface area contributed by atoms with Crippen molar-refractivity contribution in [1.29, 1.82) is 0 Å². The van der Waals surface area contributed by atoms with Crippen LogP contribution in [0.25, 0.3) is 0 Å². The number of hydrogen-bond acceptors (Lipinski definition) is 5. The topological polar surface area (TPSA) is 37.8 Å². The maximum absolute atomic E-state index is 4.24. The average Bonchev–Trinajstić information content (AvgIpc) is 2.74. The van der Waals surface area contributed by atoms with Crippen LogP contribution >= 0.6 is 23.1 Å². The zero-order valence-electron chi connectivity index (χ0n) is 10.8. The Hall–Kier alpha value is -1.07. The van der Waals surface area contributed by atoms with E-state index in [1.54, 1.807) is 18.1 Å². The van der Waals surface area contributed by atoms with Crippen LogP contribution in [-0.2, 0) is 6.42 Å². The van der Waals surface area contributed by atoms with Crippen molar-refractivity contribution in [3.8, 4) is 0 Å². The van der Waals surface area contributed by atoms with Gasteiger partial charge < -0.3 is 5.32 Å². The summed E-state index contributed by atoms with van der Waals surface area (Å²) in [5.74, 6) is 0.898. The molecule has 1 unspecified atom stereocenters. The van der Waals surface area contributed by atoms with Gasteiger partial charge in [0.05, 0.1) is 0 Å². The maximum Gasteiger partial charge on any atom is 0.130 e. The normalized spacial score (nSPS) is 12.4. The lowest BCUT2D eigenvalue weighted by Crippen LogP contribution is -2.18. The molecule has 0 bridgehead atoms. The van der Waals surface area contributed by atoms with Gasteiger partial charge in [-0.2, -0.15) is 0 Å². The Kier molecular flexibility index (Phi) is 4.60. The molecular weight excluding hydrogens is 262 g/mol. The summed E-state index contributed by atoms with van der Waals surface area (Å²) >= 11 is 3.49. The summed E-state index contributed by atoms with van der Waals surface area (Å²) in [4.78, 5) is 11.2. The van der Waals surface area contributed by atoms with Crippen LogP contribution in [-0.4, -0.2) is 22.3 Å². The van der Waals surface area contributed by atoms with Gasteiger partial charge in [-0.15, -0.1) is 23.1 Å². The summed E-state index contributed by atoms with van der Waals surface area (Å²) in [6, 6.07) is 6.72. The molecule has 2 aromatic rings. The van der Waals surface area contributed by atoms with E-state index in [1.165, 1.54) is 9.75 Å². The van der Waals surface area contributed by atoms with Gasteiger partial charge >= 0.3 is 0 Å². The molecule has 0 aliphatic rings. The largest absolute Gasteiger partial charge is 0.367 e. The molecule has 0 aromatic carbocycles. The molecule has 2 heterocycles. The number of hydrogen-bond donors (Lipinski definition) is 1. The number of thioether (sulfide) groups is 1. The number of aryl methyl sites for hydroxylation is 1. The summed E-state index contributed by atoms with van der Waals surface area (Å²) in [5.41, 5.74) is 0. The second kappa shape index (κ2) is 6.20. The number of anilines is 1. The van der Waals surface area contributed by atoms with Crippen LogP contribution in [0.1, 0.15) is 16.7 Å². The first-order valence-electron chi connectivity index (χ1n) is 5.85. The SMILES string of the molecule is CSc1cc(NC(C)Cc2ccc(C)s2)ncn1. The van der Waals surface area contributed by atoms with Crippen molar-refractivity contribution < 1.29 is 0 Å². The molecule has 2 rings (SSSR count). The molecule has 1 atom stereocenters. The molecule has 0 saturated carbocycles. The van der Waals surface area contributed by atoms with E-state index in [1.807, 2.05) is 23.7 Å². The third kappa shape index (κ3) is 3.71. The fourth-order valence-corrected chi connectivity index (χ4v) is 3.13. The lowest BCUT2D eigenvalue weighted by Gasteiger charge is -2.13.